The number of likely N-dealkylation sites (tertiary alicyclic amines) is 1. The standard InChI is InChI=1S/C34H51N3O10/c1-32(2,3)45-29(42)24(20-35-27(39)25-15-12-18-36(25)31(44)46-33(4,5)6)19-34(16-10-11-17-34)30(43)47-37(26(22-38)28(40)41)21-23-13-8-7-9-14-23/h7-9,13-14,24-26,38H,10-12,15-22H2,1-6H3,(H,35,39)(H,40,41)/t24-,25-,26-/m0/s1. The predicted octanol–water partition coefficient (Wildman–Crippen LogP) is 3.82. The van der Waals surface area contributed by atoms with Crippen molar-refractivity contribution in [1.82, 2.24) is 15.3 Å². The fourth-order valence-electron chi connectivity index (χ4n) is 6.02. The lowest BCUT2D eigenvalue weighted by molar-refractivity contribution is -0.224. The summed E-state index contributed by atoms with van der Waals surface area (Å²) in [5.74, 6) is -4.06. The minimum Gasteiger partial charge on any atom is -0.480 e. The second-order valence-corrected chi connectivity index (χ2v) is 14.5. The Morgan fingerprint density at radius 3 is 2.15 bits per heavy atom. The van der Waals surface area contributed by atoms with Gasteiger partial charge in [-0.25, -0.2) is 9.59 Å². The number of aliphatic hydroxyl groups is 1. The first-order valence-corrected chi connectivity index (χ1v) is 16.3. The molecule has 13 nitrogen and oxygen atoms in total. The molecule has 0 bridgehead atoms. The Balaban J connectivity index is 1.83. The first kappa shape index (κ1) is 37.7. The van der Waals surface area contributed by atoms with E-state index in [-0.39, 0.29) is 19.5 Å². The number of carbonyl (C=O) groups is 5. The molecule has 1 aliphatic heterocycles. The number of benzene rings is 1. The molecule has 1 aromatic rings. The van der Waals surface area contributed by atoms with Crippen molar-refractivity contribution in [3.05, 3.63) is 35.9 Å². The number of ether oxygens (including phenoxy) is 2. The number of hydroxylamine groups is 2. The number of hydrogen-bond acceptors (Lipinski definition) is 10. The number of esters is 1. The number of hydrogen-bond donors (Lipinski definition) is 3. The fraction of sp³-hybridized carbons (Fsp3) is 0.676. The number of aliphatic carboxylic acids is 1. The molecular formula is C34H51N3O10. The van der Waals surface area contributed by atoms with Crippen LogP contribution in [0.5, 0.6) is 0 Å². The molecule has 2 fully saturated rings. The molecule has 262 valence electrons. The van der Waals surface area contributed by atoms with Crippen LogP contribution in [0.2, 0.25) is 0 Å². The SMILES string of the molecule is CC(C)(C)OC(=O)[C@H](CNC(=O)[C@@H]1CCCN1C(=O)OC(C)(C)C)CC1(C(=O)ON(Cc2ccccc2)[C@@H](CO)C(=O)O)CCCC1. The number of nitrogens with zero attached hydrogens (tertiary/aromatic N) is 2. The second kappa shape index (κ2) is 15.9. The summed E-state index contributed by atoms with van der Waals surface area (Å²) in [5.41, 5.74) is -2.08. The Bertz CT molecular complexity index is 1250. The summed E-state index contributed by atoms with van der Waals surface area (Å²) in [6, 6.07) is 6.54. The van der Waals surface area contributed by atoms with Crippen molar-refractivity contribution in [2.75, 3.05) is 19.7 Å². The largest absolute Gasteiger partial charge is 0.480 e. The summed E-state index contributed by atoms with van der Waals surface area (Å²) in [4.78, 5) is 72.9. The molecule has 1 aliphatic carbocycles. The van der Waals surface area contributed by atoms with Gasteiger partial charge in [0.05, 0.1) is 24.5 Å². The maximum Gasteiger partial charge on any atom is 0.410 e. The lowest BCUT2D eigenvalue weighted by atomic mass is 9.77. The van der Waals surface area contributed by atoms with Crippen molar-refractivity contribution in [2.45, 2.75) is 116 Å². The highest BCUT2D eigenvalue weighted by Crippen LogP contribution is 2.45. The number of amides is 2. The highest BCUT2D eigenvalue weighted by molar-refractivity contribution is 5.87. The lowest BCUT2D eigenvalue weighted by Crippen LogP contribution is -2.50. The van der Waals surface area contributed by atoms with Gasteiger partial charge in [0.15, 0.2) is 6.04 Å². The maximum atomic E-state index is 14.0. The van der Waals surface area contributed by atoms with Crippen molar-refractivity contribution in [3.63, 3.8) is 0 Å². The van der Waals surface area contributed by atoms with Crippen LogP contribution in [0.15, 0.2) is 30.3 Å². The van der Waals surface area contributed by atoms with Crippen LogP contribution >= 0.6 is 0 Å². The smallest absolute Gasteiger partial charge is 0.410 e. The Hall–Kier alpha value is -3.71. The van der Waals surface area contributed by atoms with Gasteiger partial charge in [0.1, 0.15) is 17.2 Å². The lowest BCUT2D eigenvalue weighted by Gasteiger charge is -2.35. The molecule has 3 rings (SSSR count). The van der Waals surface area contributed by atoms with Crippen LogP contribution in [0.3, 0.4) is 0 Å². The Labute approximate surface area is 276 Å². The van der Waals surface area contributed by atoms with E-state index < -0.39 is 71.1 Å². The van der Waals surface area contributed by atoms with E-state index in [0.29, 0.717) is 50.6 Å². The topological polar surface area (TPSA) is 172 Å². The molecule has 1 aromatic carbocycles. The number of aliphatic hydroxyl groups excluding tert-OH is 1. The Morgan fingerprint density at radius 2 is 1.60 bits per heavy atom. The van der Waals surface area contributed by atoms with Crippen molar-refractivity contribution in [3.8, 4) is 0 Å². The first-order chi connectivity index (χ1) is 21.9. The summed E-state index contributed by atoms with van der Waals surface area (Å²) in [6.07, 6.45) is 2.56. The average molecular weight is 662 g/mol. The van der Waals surface area contributed by atoms with Gasteiger partial charge in [-0.2, -0.15) is 0 Å². The number of carboxylic acid groups (broad SMARTS) is 1. The zero-order valence-corrected chi connectivity index (χ0v) is 28.5. The van der Waals surface area contributed by atoms with Gasteiger partial charge in [0, 0.05) is 13.1 Å². The van der Waals surface area contributed by atoms with Gasteiger partial charge >= 0.3 is 24.0 Å². The third kappa shape index (κ3) is 10.9. The van der Waals surface area contributed by atoms with E-state index in [9.17, 15) is 34.2 Å². The van der Waals surface area contributed by atoms with Crippen LogP contribution in [0.1, 0.15) is 92.1 Å². The average Bonchev–Trinajstić information content (AvgIpc) is 3.65. The van der Waals surface area contributed by atoms with Crippen LogP contribution < -0.4 is 5.32 Å². The molecule has 1 heterocycles. The Kier molecular flexibility index (Phi) is 12.8. The summed E-state index contributed by atoms with van der Waals surface area (Å²) >= 11 is 0. The van der Waals surface area contributed by atoms with Gasteiger partial charge in [0.2, 0.25) is 5.91 Å². The molecule has 1 saturated carbocycles. The van der Waals surface area contributed by atoms with Crippen molar-refractivity contribution in [1.29, 1.82) is 0 Å². The quantitative estimate of drug-likeness (QED) is 0.207. The number of nitrogens with one attached hydrogen (secondary N) is 1. The van der Waals surface area contributed by atoms with Crippen LogP contribution in [0.25, 0.3) is 0 Å². The van der Waals surface area contributed by atoms with E-state index in [0.717, 1.165) is 5.06 Å². The summed E-state index contributed by atoms with van der Waals surface area (Å²) < 4.78 is 11.2. The van der Waals surface area contributed by atoms with Crippen molar-refractivity contribution < 1.29 is 48.5 Å². The molecule has 13 heteroatoms. The van der Waals surface area contributed by atoms with Crippen LogP contribution in [0, 0.1) is 11.3 Å². The van der Waals surface area contributed by atoms with Gasteiger partial charge in [-0.15, -0.1) is 5.06 Å². The normalized spacial score (nSPS) is 19.1. The van der Waals surface area contributed by atoms with Crippen LogP contribution in [-0.2, 0) is 40.0 Å². The van der Waals surface area contributed by atoms with Gasteiger partial charge in [-0.05, 0) is 79.2 Å². The molecule has 0 unspecified atom stereocenters. The summed E-state index contributed by atoms with van der Waals surface area (Å²) in [6.45, 7) is 9.75. The number of rotatable bonds is 13. The molecule has 3 N–H and O–H groups in total. The summed E-state index contributed by atoms with van der Waals surface area (Å²) in [7, 11) is 0. The molecule has 2 amide bonds. The number of carboxylic acids is 1. The fourth-order valence-corrected chi connectivity index (χ4v) is 6.02. The maximum absolute atomic E-state index is 14.0. The van der Waals surface area contributed by atoms with Crippen molar-refractivity contribution >= 4 is 29.9 Å². The predicted molar refractivity (Wildman–Crippen MR) is 170 cm³/mol. The van der Waals surface area contributed by atoms with Gasteiger partial charge in [-0.1, -0.05) is 43.2 Å². The molecule has 0 spiro atoms. The zero-order chi connectivity index (χ0) is 35.0. The molecule has 1 saturated heterocycles. The minimum atomic E-state index is -1.52. The minimum absolute atomic E-state index is 0.0164. The van der Waals surface area contributed by atoms with Gasteiger partial charge in [0.25, 0.3) is 0 Å². The third-order valence-corrected chi connectivity index (χ3v) is 8.26. The van der Waals surface area contributed by atoms with Crippen LogP contribution in [-0.4, -0.2) is 93.1 Å². The van der Waals surface area contributed by atoms with E-state index in [2.05, 4.69) is 5.32 Å². The van der Waals surface area contributed by atoms with E-state index in [1.54, 1.807) is 71.9 Å². The molecular weight excluding hydrogens is 610 g/mol. The van der Waals surface area contributed by atoms with E-state index in [4.69, 9.17) is 14.3 Å². The van der Waals surface area contributed by atoms with Crippen LogP contribution in [0.4, 0.5) is 4.79 Å². The molecule has 0 radical (unpaired) electrons. The zero-order valence-electron chi connectivity index (χ0n) is 28.5. The Morgan fingerprint density at radius 1 is 0.979 bits per heavy atom. The third-order valence-electron chi connectivity index (χ3n) is 8.26. The first-order valence-electron chi connectivity index (χ1n) is 16.3. The molecule has 2 aliphatic rings. The second-order valence-electron chi connectivity index (χ2n) is 14.5. The molecule has 0 aromatic heterocycles. The highest BCUT2D eigenvalue weighted by Gasteiger charge is 2.48. The molecule has 3 atom stereocenters. The van der Waals surface area contributed by atoms with E-state index >= 15 is 0 Å². The van der Waals surface area contributed by atoms with E-state index in [1.165, 1.54) is 4.90 Å². The molecule has 47 heavy (non-hydrogen) atoms. The van der Waals surface area contributed by atoms with Gasteiger partial charge < -0.3 is 29.8 Å². The van der Waals surface area contributed by atoms with Gasteiger partial charge in [-0.3, -0.25) is 19.3 Å². The highest BCUT2D eigenvalue weighted by atomic mass is 16.7. The number of carbonyl (C=O) groups excluding carboxylic acids is 4. The van der Waals surface area contributed by atoms with E-state index in [1.807, 2.05) is 0 Å². The monoisotopic (exact) mass is 661 g/mol. The van der Waals surface area contributed by atoms with Crippen molar-refractivity contribution in [2.24, 2.45) is 11.3 Å². The summed E-state index contributed by atoms with van der Waals surface area (Å²) in [5, 5.41) is 23.5.